The number of rotatable bonds is 6. The maximum Gasteiger partial charge on any atom is 0.234 e. The standard InChI is InChI=1S/C17H14F2N4OS/c18-14-6-5-13(7-15(14)19)25-9-17(24)22-16-4-2-1-3-12(16)8-23-11-20-10-21-23/h1-7,10-11H,8-9H2,(H,22,24). The van der Waals surface area contributed by atoms with Crippen molar-refractivity contribution in [3.05, 3.63) is 72.3 Å². The number of carbonyl (C=O) groups is 1. The van der Waals surface area contributed by atoms with Crippen LogP contribution in [0.15, 0.2) is 60.0 Å². The summed E-state index contributed by atoms with van der Waals surface area (Å²) in [5, 5.41) is 6.88. The lowest BCUT2D eigenvalue weighted by atomic mass is 10.2. The number of anilines is 1. The molecule has 0 saturated carbocycles. The van der Waals surface area contributed by atoms with Gasteiger partial charge in [0.1, 0.15) is 12.7 Å². The molecule has 128 valence electrons. The monoisotopic (exact) mass is 360 g/mol. The van der Waals surface area contributed by atoms with Crippen molar-refractivity contribution in [3.63, 3.8) is 0 Å². The Bertz CT molecular complexity index is 871. The van der Waals surface area contributed by atoms with Crippen molar-refractivity contribution in [1.82, 2.24) is 14.8 Å². The molecular weight excluding hydrogens is 346 g/mol. The van der Waals surface area contributed by atoms with E-state index in [4.69, 9.17) is 0 Å². The minimum atomic E-state index is -0.927. The maximum absolute atomic E-state index is 13.2. The molecule has 0 aliphatic rings. The first kappa shape index (κ1) is 17.1. The molecule has 2 aromatic carbocycles. The second-order valence-corrected chi connectivity index (χ2v) is 6.21. The van der Waals surface area contributed by atoms with E-state index in [2.05, 4.69) is 15.4 Å². The fourth-order valence-electron chi connectivity index (χ4n) is 2.17. The van der Waals surface area contributed by atoms with Gasteiger partial charge in [-0.25, -0.2) is 18.4 Å². The van der Waals surface area contributed by atoms with Gasteiger partial charge in [-0.2, -0.15) is 5.10 Å². The molecule has 1 heterocycles. The summed E-state index contributed by atoms with van der Waals surface area (Å²) in [7, 11) is 0. The predicted molar refractivity (Wildman–Crippen MR) is 91.3 cm³/mol. The number of para-hydroxylation sites is 1. The topological polar surface area (TPSA) is 59.8 Å². The Labute approximate surface area is 147 Å². The summed E-state index contributed by atoms with van der Waals surface area (Å²) in [5.41, 5.74) is 1.56. The van der Waals surface area contributed by atoms with Crippen LogP contribution in [0, 0.1) is 11.6 Å². The van der Waals surface area contributed by atoms with Crippen LogP contribution in [0.4, 0.5) is 14.5 Å². The Hall–Kier alpha value is -2.74. The largest absolute Gasteiger partial charge is 0.325 e. The number of nitrogens with zero attached hydrogens (tertiary/aromatic N) is 3. The number of carbonyl (C=O) groups excluding carboxylic acids is 1. The third kappa shape index (κ3) is 4.63. The molecule has 1 N–H and O–H groups in total. The summed E-state index contributed by atoms with van der Waals surface area (Å²) in [5.74, 6) is -1.98. The maximum atomic E-state index is 13.2. The third-order valence-electron chi connectivity index (χ3n) is 3.35. The Morgan fingerprint density at radius 2 is 2.00 bits per heavy atom. The molecule has 8 heteroatoms. The van der Waals surface area contributed by atoms with Gasteiger partial charge in [0, 0.05) is 10.6 Å². The third-order valence-corrected chi connectivity index (χ3v) is 4.35. The fourth-order valence-corrected chi connectivity index (χ4v) is 2.89. The van der Waals surface area contributed by atoms with Gasteiger partial charge >= 0.3 is 0 Å². The molecule has 0 spiro atoms. The van der Waals surface area contributed by atoms with E-state index in [0.717, 1.165) is 29.5 Å². The van der Waals surface area contributed by atoms with Crippen LogP contribution in [0.1, 0.15) is 5.56 Å². The molecular formula is C17H14F2N4OS. The molecule has 0 fully saturated rings. The van der Waals surface area contributed by atoms with Gasteiger partial charge in [0.25, 0.3) is 0 Å². The number of hydrogen-bond donors (Lipinski definition) is 1. The van der Waals surface area contributed by atoms with E-state index in [0.29, 0.717) is 17.1 Å². The first-order valence-electron chi connectivity index (χ1n) is 7.40. The van der Waals surface area contributed by atoms with Crippen LogP contribution in [-0.2, 0) is 11.3 Å². The van der Waals surface area contributed by atoms with Crippen LogP contribution in [0.5, 0.6) is 0 Å². The van der Waals surface area contributed by atoms with Gasteiger partial charge in [-0.3, -0.25) is 4.79 Å². The van der Waals surface area contributed by atoms with Crippen molar-refractivity contribution < 1.29 is 13.6 Å². The van der Waals surface area contributed by atoms with E-state index < -0.39 is 11.6 Å². The average molecular weight is 360 g/mol. The van der Waals surface area contributed by atoms with Crippen molar-refractivity contribution in [2.75, 3.05) is 11.1 Å². The smallest absolute Gasteiger partial charge is 0.234 e. The summed E-state index contributed by atoms with van der Waals surface area (Å²) in [4.78, 5) is 16.5. The second-order valence-electron chi connectivity index (χ2n) is 5.16. The molecule has 3 rings (SSSR count). The highest BCUT2D eigenvalue weighted by Crippen LogP contribution is 2.21. The molecule has 0 saturated heterocycles. The molecule has 0 unspecified atom stereocenters. The molecule has 0 atom stereocenters. The van der Waals surface area contributed by atoms with E-state index in [-0.39, 0.29) is 11.7 Å². The van der Waals surface area contributed by atoms with Crippen LogP contribution in [0.3, 0.4) is 0 Å². The lowest BCUT2D eigenvalue weighted by Crippen LogP contribution is -2.16. The zero-order valence-electron chi connectivity index (χ0n) is 13.0. The molecule has 1 aromatic heterocycles. The highest BCUT2D eigenvalue weighted by Gasteiger charge is 2.09. The number of benzene rings is 2. The normalized spacial score (nSPS) is 10.6. The SMILES string of the molecule is O=C(CSc1ccc(F)c(F)c1)Nc1ccccc1Cn1cncn1. The van der Waals surface area contributed by atoms with E-state index in [1.807, 2.05) is 18.2 Å². The van der Waals surface area contributed by atoms with E-state index in [1.54, 1.807) is 17.1 Å². The van der Waals surface area contributed by atoms with Gasteiger partial charge < -0.3 is 5.32 Å². The molecule has 0 bridgehead atoms. The highest BCUT2D eigenvalue weighted by molar-refractivity contribution is 8.00. The molecule has 5 nitrogen and oxygen atoms in total. The van der Waals surface area contributed by atoms with Gasteiger partial charge in [0.2, 0.25) is 5.91 Å². The van der Waals surface area contributed by atoms with Gasteiger partial charge in [-0.15, -0.1) is 11.8 Å². The van der Waals surface area contributed by atoms with Crippen molar-refractivity contribution in [2.45, 2.75) is 11.4 Å². The van der Waals surface area contributed by atoms with Gasteiger partial charge in [-0.1, -0.05) is 18.2 Å². The number of amides is 1. The molecule has 0 aliphatic heterocycles. The lowest BCUT2D eigenvalue weighted by Gasteiger charge is -2.11. The Kier molecular flexibility index (Phi) is 5.39. The number of halogens is 2. The van der Waals surface area contributed by atoms with Crippen LogP contribution in [-0.4, -0.2) is 26.4 Å². The van der Waals surface area contributed by atoms with Gasteiger partial charge in [-0.05, 0) is 29.8 Å². The number of nitrogens with one attached hydrogen (secondary N) is 1. The fraction of sp³-hybridized carbons (Fsp3) is 0.118. The zero-order valence-corrected chi connectivity index (χ0v) is 13.8. The molecule has 0 aliphatic carbocycles. The number of thioether (sulfide) groups is 1. The van der Waals surface area contributed by atoms with Crippen molar-refractivity contribution in [3.8, 4) is 0 Å². The average Bonchev–Trinajstić information content (AvgIpc) is 3.11. The van der Waals surface area contributed by atoms with Crippen LogP contribution in [0.25, 0.3) is 0 Å². The second kappa shape index (κ2) is 7.89. The van der Waals surface area contributed by atoms with Crippen LogP contribution in [0.2, 0.25) is 0 Å². The predicted octanol–water partition coefficient (Wildman–Crippen LogP) is 3.34. The van der Waals surface area contributed by atoms with Crippen LogP contribution >= 0.6 is 11.8 Å². The quantitative estimate of drug-likeness (QED) is 0.685. The van der Waals surface area contributed by atoms with Gasteiger partial charge in [0.15, 0.2) is 11.6 Å². The first-order chi connectivity index (χ1) is 12.1. The number of aromatic nitrogens is 3. The van der Waals surface area contributed by atoms with Crippen molar-refractivity contribution in [2.24, 2.45) is 0 Å². The van der Waals surface area contributed by atoms with E-state index in [1.165, 1.54) is 12.4 Å². The lowest BCUT2D eigenvalue weighted by molar-refractivity contribution is -0.113. The molecule has 25 heavy (non-hydrogen) atoms. The van der Waals surface area contributed by atoms with Gasteiger partial charge in [0.05, 0.1) is 12.3 Å². The Morgan fingerprint density at radius 3 is 2.76 bits per heavy atom. The number of hydrogen-bond acceptors (Lipinski definition) is 4. The summed E-state index contributed by atoms with van der Waals surface area (Å²) >= 11 is 1.14. The summed E-state index contributed by atoms with van der Waals surface area (Å²) in [6.07, 6.45) is 3.04. The zero-order chi connectivity index (χ0) is 17.6. The highest BCUT2D eigenvalue weighted by atomic mass is 32.2. The van der Waals surface area contributed by atoms with Crippen molar-refractivity contribution >= 4 is 23.4 Å². The van der Waals surface area contributed by atoms with E-state index >= 15 is 0 Å². The molecule has 0 radical (unpaired) electrons. The summed E-state index contributed by atoms with van der Waals surface area (Å²) in [6.45, 7) is 0.479. The first-order valence-corrected chi connectivity index (χ1v) is 8.38. The van der Waals surface area contributed by atoms with Crippen LogP contribution < -0.4 is 5.32 Å². The Morgan fingerprint density at radius 1 is 1.16 bits per heavy atom. The Balaban J connectivity index is 1.62. The molecule has 1 amide bonds. The summed E-state index contributed by atoms with van der Waals surface area (Å²) in [6, 6.07) is 10.9. The molecule has 3 aromatic rings. The van der Waals surface area contributed by atoms with Crippen molar-refractivity contribution in [1.29, 1.82) is 0 Å². The minimum Gasteiger partial charge on any atom is -0.325 e. The van der Waals surface area contributed by atoms with E-state index in [9.17, 15) is 13.6 Å². The minimum absolute atomic E-state index is 0.0860. The summed E-state index contributed by atoms with van der Waals surface area (Å²) < 4.78 is 27.7.